The number of rotatable bonds is 8. The molecule has 0 spiro atoms. The molecule has 2 aliphatic rings. The molecule has 0 unspecified atom stereocenters. The molecule has 0 radical (unpaired) electrons. The predicted molar refractivity (Wildman–Crippen MR) is 136 cm³/mol. The molecule has 182 valence electrons. The van der Waals surface area contributed by atoms with Crippen LogP contribution in [0.15, 0.2) is 30.5 Å². The Morgan fingerprint density at radius 3 is 2.76 bits per heavy atom. The Kier molecular flexibility index (Phi) is 5.72. The summed E-state index contributed by atoms with van der Waals surface area (Å²) in [5.41, 5.74) is 2.98. The minimum absolute atomic E-state index is 0.0696. The van der Waals surface area contributed by atoms with Gasteiger partial charge in [0.25, 0.3) is 0 Å². The number of H-pyrrole nitrogens is 1. The average molecular weight is 485 g/mol. The Morgan fingerprint density at radius 2 is 2.09 bits per heavy atom. The number of nitrogens with zero attached hydrogens (tertiary/aromatic N) is 3. The van der Waals surface area contributed by atoms with E-state index >= 15 is 0 Å². The summed E-state index contributed by atoms with van der Waals surface area (Å²) in [4.78, 5) is 27.4. The summed E-state index contributed by atoms with van der Waals surface area (Å²) in [6, 6.07) is 7.64. The van der Waals surface area contributed by atoms with Crippen LogP contribution in [0.3, 0.4) is 0 Å². The number of anilines is 1. The number of nitrogens with one attached hydrogen (secondary N) is 1. The molecular weight excluding hydrogens is 452 g/mol. The first kappa shape index (κ1) is 23.0. The van der Waals surface area contributed by atoms with E-state index in [0.717, 1.165) is 35.7 Å². The quantitative estimate of drug-likeness (QED) is 0.333. The minimum Gasteiger partial charge on any atom is -0.486 e. The van der Waals surface area contributed by atoms with Gasteiger partial charge in [0.15, 0.2) is 23.0 Å². The number of aliphatic hydroxyl groups is 1. The molecule has 1 aliphatic heterocycles. The fourth-order valence-corrected chi connectivity index (χ4v) is 7.75. The van der Waals surface area contributed by atoms with Gasteiger partial charge in [-0.05, 0) is 55.2 Å². The predicted octanol–water partition coefficient (Wildman–Crippen LogP) is 3.20. The first-order valence-corrected chi connectivity index (χ1v) is 13.7. The summed E-state index contributed by atoms with van der Waals surface area (Å²) in [5, 5.41) is 10.9. The average Bonchev–Trinajstić information content (AvgIpc) is 3.60. The van der Waals surface area contributed by atoms with Gasteiger partial charge in [-0.25, -0.2) is 9.97 Å². The smallest absolute Gasteiger partial charge is 0.184 e. The van der Waals surface area contributed by atoms with Crippen molar-refractivity contribution in [2.75, 3.05) is 24.7 Å². The molecule has 1 fully saturated rings. The molecular formula is C25H32N4O4S. The lowest BCUT2D eigenvalue weighted by Gasteiger charge is -2.41. The second-order valence-corrected chi connectivity index (χ2v) is 13.2. The van der Waals surface area contributed by atoms with Gasteiger partial charge in [-0.3, -0.25) is 9.00 Å². The number of fused-ring (bicyclic) bond motifs is 2. The van der Waals surface area contributed by atoms with Gasteiger partial charge < -0.3 is 19.7 Å². The third-order valence-corrected chi connectivity index (χ3v) is 11.1. The highest BCUT2D eigenvalue weighted by Crippen LogP contribution is 2.50. The van der Waals surface area contributed by atoms with E-state index in [9.17, 15) is 14.1 Å². The molecule has 8 nitrogen and oxygen atoms in total. The highest BCUT2D eigenvalue weighted by atomic mass is 32.2. The third-order valence-electron chi connectivity index (χ3n) is 7.19. The molecule has 2 N–H and O–H groups in total. The number of aliphatic hydroxyl groups excluding tert-OH is 1. The zero-order valence-electron chi connectivity index (χ0n) is 19.8. The molecule has 1 aromatic carbocycles. The molecule has 0 amide bonds. The van der Waals surface area contributed by atoms with Gasteiger partial charge in [-0.15, -0.1) is 0 Å². The van der Waals surface area contributed by atoms with Gasteiger partial charge in [0.1, 0.15) is 12.3 Å². The van der Waals surface area contributed by atoms with Crippen molar-refractivity contribution in [2.45, 2.75) is 56.1 Å². The van der Waals surface area contributed by atoms with Crippen LogP contribution in [0.4, 0.5) is 5.82 Å². The maximum atomic E-state index is 14.1. The van der Waals surface area contributed by atoms with Gasteiger partial charge in [0, 0.05) is 34.5 Å². The van der Waals surface area contributed by atoms with Crippen molar-refractivity contribution in [1.82, 2.24) is 15.0 Å². The van der Waals surface area contributed by atoms with E-state index in [4.69, 9.17) is 14.7 Å². The van der Waals surface area contributed by atoms with Crippen molar-refractivity contribution in [2.24, 2.45) is 0 Å². The van der Waals surface area contributed by atoms with Crippen molar-refractivity contribution < 1.29 is 18.8 Å². The molecule has 2 aromatic heterocycles. The van der Waals surface area contributed by atoms with Crippen LogP contribution in [0.25, 0.3) is 22.3 Å². The van der Waals surface area contributed by atoms with Crippen LogP contribution in [-0.2, 0) is 19.5 Å². The van der Waals surface area contributed by atoms with E-state index < -0.39 is 14.7 Å². The molecule has 34 heavy (non-hydrogen) atoms. The summed E-state index contributed by atoms with van der Waals surface area (Å²) in [7, 11) is -3.26. The maximum absolute atomic E-state index is 14.1. The fraction of sp³-hybridized carbons (Fsp3) is 0.480. The molecule has 1 atom stereocenters. The molecule has 3 heterocycles. The molecule has 1 aliphatic carbocycles. The van der Waals surface area contributed by atoms with Crippen molar-refractivity contribution in [3.63, 3.8) is 0 Å². The van der Waals surface area contributed by atoms with Gasteiger partial charge in [0.2, 0.25) is 0 Å². The third kappa shape index (κ3) is 3.44. The first-order valence-electron chi connectivity index (χ1n) is 11.9. The zero-order valence-corrected chi connectivity index (χ0v) is 20.7. The van der Waals surface area contributed by atoms with E-state index in [1.807, 2.05) is 44.3 Å². The Labute approximate surface area is 200 Å². The Balaban J connectivity index is 1.78. The van der Waals surface area contributed by atoms with Crippen molar-refractivity contribution in [3.05, 3.63) is 36.2 Å². The number of carbonyl (C=O) groups excluding carboxylic acids is 1. The summed E-state index contributed by atoms with van der Waals surface area (Å²) < 4.78 is 19.2. The van der Waals surface area contributed by atoms with Crippen LogP contribution in [0.5, 0.6) is 5.75 Å². The van der Waals surface area contributed by atoms with Gasteiger partial charge in [-0.1, -0.05) is 19.1 Å². The SMILES string of the molecule is CCCN1c2nc(-c3cccc4[nH]ccc34)nc(C(C)(C)[SH](=O)(C=O)C3CC3)c2OC[C@@H]1CO. The van der Waals surface area contributed by atoms with Gasteiger partial charge in [-0.2, -0.15) is 0 Å². The molecule has 1 saturated carbocycles. The number of aromatic nitrogens is 3. The van der Waals surface area contributed by atoms with Crippen molar-refractivity contribution in [1.29, 1.82) is 0 Å². The standard InChI is InChI=1S/C25H32N4O4S/c1-4-12-29-16(13-30)14-33-21-22(25(2,3)34(32,15-31)17-8-9-17)27-23(28-24(21)29)19-6-5-7-20-18(19)10-11-26-20/h5-7,10-11,15-17,26,30,34H,4,8-9,12-14H2,1-3H3/t16-/m0/s1. The lowest BCUT2D eigenvalue weighted by atomic mass is 10.0. The van der Waals surface area contributed by atoms with Crippen LogP contribution in [0, 0.1) is 0 Å². The largest absolute Gasteiger partial charge is 0.486 e. The topological polar surface area (TPSA) is 108 Å². The summed E-state index contributed by atoms with van der Waals surface area (Å²) >= 11 is 0. The van der Waals surface area contributed by atoms with Crippen LogP contribution in [0.2, 0.25) is 0 Å². The lowest BCUT2D eigenvalue weighted by molar-refractivity contribution is 0.183. The van der Waals surface area contributed by atoms with E-state index in [-0.39, 0.29) is 24.5 Å². The van der Waals surface area contributed by atoms with Gasteiger partial charge in [0.05, 0.1) is 17.4 Å². The lowest BCUT2D eigenvalue weighted by Crippen LogP contribution is -2.48. The van der Waals surface area contributed by atoms with Crippen LogP contribution < -0.4 is 9.64 Å². The van der Waals surface area contributed by atoms with E-state index in [1.165, 1.54) is 0 Å². The molecule has 0 bridgehead atoms. The minimum atomic E-state index is -3.26. The Bertz CT molecular complexity index is 1280. The summed E-state index contributed by atoms with van der Waals surface area (Å²) in [6.45, 7) is 6.65. The second kappa shape index (κ2) is 8.46. The highest BCUT2D eigenvalue weighted by Gasteiger charge is 2.50. The van der Waals surface area contributed by atoms with E-state index in [2.05, 4.69) is 16.8 Å². The van der Waals surface area contributed by atoms with Crippen molar-refractivity contribution >= 4 is 32.3 Å². The summed E-state index contributed by atoms with van der Waals surface area (Å²) in [5.74, 6) is 1.54. The summed E-state index contributed by atoms with van der Waals surface area (Å²) in [6.07, 6.45) is 4.31. The first-order chi connectivity index (χ1) is 16.4. The molecule has 5 rings (SSSR count). The zero-order chi connectivity index (χ0) is 24.1. The number of thiol groups is 1. The van der Waals surface area contributed by atoms with Gasteiger partial charge >= 0.3 is 0 Å². The normalized spacial score (nSPS) is 19.1. The van der Waals surface area contributed by atoms with E-state index in [0.29, 0.717) is 35.2 Å². The Morgan fingerprint density at radius 1 is 1.29 bits per heavy atom. The number of carbonyl (C=O) groups is 1. The molecule has 9 heteroatoms. The number of aromatic amines is 1. The monoisotopic (exact) mass is 484 g/mol. The van der Waals surface area contributed by atoms with Crippen molar-refractivity contribution in [3.8, 4) is 17.1 Å². The number of hydrogen-bond acceptors (Lipinski definition) is 7. The van der Waals surface area contributed by atoms with E-state index in [1.54, 1.807) is 0 Å². The number of ether oxygens (including phenoxy) is 1. The maximum Gasteiger partial charge on any atom is 0.184 e. The fourth-order valence-electron chi connectivity index (χ4n) is 5.00. The molecule has 3 aromatic rings. The number of benzene rings is 1. The van der Waals surface area contributed by atoms with Crippen LogP contribution in [-0.4, -0.2) is 60.9 Å². The van der Waals surface area contributed by atoms with Crippen LogP contribution in [0.1, 0.15) is 45.7 Å². The highest BCUT2D eigenvalue weighted by molar-refractivity contribution is 8.16. The number of hydrogen-bond donors (Lipinski definition) is 3. The second-order valence-electron chi connectivity index (χ2n) is 9.74. The Hall–Kier alpha value is -2.78. The van der Waals surface area contributed by atoms with Crippen LogP contribution >= 0.6 is 0 Å². The molecule has 0 saturated heterocycles.